The second-order valence-corrected chi connectivity index (χ2v) is 5.66. The van der Waals surface area contributed by atoms with Crippen LogP contribution in [-0.2, 0) is 9.53 Å². The van der Waals surface area contributed by atoms with Crippen LogP contribution in [0.5, 0.6) is 0 Å². The first-order valence-electron chi connectivity index (χ1n) is 6.95. The van der Waals surface area contributed by atoms with Gasteiger partial charge in [0.2, 0.25) is 5.91 Å². The molecule has 1 saturated heterocycles. The smallest absolute Gasteiger partial charge is 0.339 e. The highest BCUT2D eigenvalue weighted by Gasteiger charge is 2.28. The van der Waals surface area contributed by atoms with Crippen LogP contribution >= 0.6 is 11.6 Å². The van der Waals surface area contributed by atoms with Gasteiger partial charge in [0.05, 0.1) is 24.4 Å². The zero-order chi connectivity index (χ0) is 15.4. The summed E-state index contributed by atoms with van der Waals surface area (Å²) >= 11 is 5.94. The molecule has 0 saturated carbocycles. The molecule has 0 aliphatic carbocycles. The molecule has 1 fully saturated rings. The molecule has 2 rings (SSSR count). The number of benzene rings is 1. The highest BCUT2D eigenvalue weighted by Crippen LogP contribution is 2.23. The summed E-state index contributed by atoms with van der Waals surface area (Å²) in [4.78, 5) is 24.1. The molecule has 1 aromatic rings. The number of hydrogen-bond acceptors (Lipinski definition) is 4. The summed E-state index contributed by atoms with van der Waals surface area (Å²) in [6.07, 6.45) is 2.07. The van der Waals surface area contributed by atoms with Gasteiger partial charge in [-0.2, -0.15) is 0 Å². The van der Waals surface area contributed by atoms with E-state index in [1.165, 1.54) is 7.11 Å². The van der Waals surface area contributed by atoms with Crippen LogP contribution in [0.1, 0.15) is 30.1 Å². The number of nitrogens with one attached hydrogen (secondary N) is 2. The molecule has 1 aliphatic heterocycles. The number of amides is 1. The summed E-state index contributed by atoms with van der Waals surface area (Å²) in [5.74, 6) is -0.416. The highest BCUT2D eigenvalue weighted by molar-refractivity contribution is 6.31. The number of esters is 1. The van der Waals surface area contributed by atoms with Crippen LogP contribution in [0, 0.1) is 5.92 Å². The van der Waals surface area contributed by atoms with Crippen LogP contribution in [-0.4, -0.2) is 31.6 Å². The van der Waals surface area contributed by atoms with E-state index in [2.05, 4.69) is 10.6 Å². The van der Waals surface area contributed by atoms with Crippen LogP contribution in [0.15, 0.2) is 18.2 Å². The number of rotatable bonds is 3. The number of anilines is 1. The van der Waals surface area contributed by atoms with Gasteiger partial charge in [0.1, 0.15) is 0 Å². The molecule has 2 unspecified atom stereocenters. The third-order valence-corrected chi connectivity index (χ3v) is 3.93. The number of carbonyl (C=O) groups is 2. The molecule has 114 valence electrons. The first kappa shape index (κ1) is 15.8. The predicted molar refractivity (Wildman–Crippen MR) is 81.6 cm³/mol. The number of piperidine rings is 1. The van der Waals surface area contributed by atoms with E-state index in [-0.39, 0.29) is 17.9 Å². The lowest BCUT2D eigenvalue weighted by molar-refractivity contribution is -0.119. The molecule has 1 aliphatic rings. The predicted octanol–water partition coefficient (Wildman–Crippen LogP) is 2.45. The molecular weight excluding hydrogens is 292 g/mol. The summed E-state index contributed by atoms with van der Waals surface area (Å²) in [7, 11) is 1.30. The van der Waals surface area contributed by atoms with Crippen molar-refractivity contribution in [3.8, 4) is 0 Å². The van der Waals surface area contributed by atoms with Crippen LogP contribution in [0.2, 0.25) is 5.02 Å². The minimum Gasteiger partial charge on any atom is -0.465 e. The van der Waals surface area contributed by atoms with Gasteiger partial charge in [-0.25, -0.2) is 4.79 Å². The fraction of sp³-hybridized carbons (Fsp3) is 0.467. The van der Waals surface area contributed by atoms with Crippen molar-refractivity contribution in [2.24, 2.45) is 5.92 Å². The van der Waals surface area contributed by atoms with Crippen molar-refractivity contribution in [3.05, 3.63) is 28.8 Å². The second-order valence-electron chi connectivity index (χ2n) is 5.22. The molecule has 0 spiro atoms. The Labute approximate surface area is 129 Å². The molecule has 6 heteroatoms. The van der Waals surface area contributed by atoms with E-state index in [9.17, 15) is 9.59 Å². The minimum absolute atomic E-state index is 0.158. The Morgan fingerprint density at radius 1 is 1.43 bits per heavy atom. The van der Waals surface area contributed by atoms with Crippen molar-refractivity contribution in [2.75, 3.05) is 19.0 Å². The Bertz CT molecular complexity index is 548. The normalized spacial score (nSPS) is 21.7. The van der Waals surface area contributed by atoms with E-state index in [4.69, 9.17) is 16.3 Å². The van der Waals surface area contributed by atoms with Gasteiger partial charge in [-0.05, 0) is 43.5 Å². The summed E-state index contributed by atoms with van der Waals surface area (Å²) < 4.78 is 4.72. The monoisotopic (exact) mass is 310 g/mol. The lowest BCUT2D eigenvalue weighted by Crippen LogP contribution is -2.48. The van der Waals surface area contributed by atoms with Crippen molar-refractivity contribution in [3.63, 3.8) is 0 Å². The van der Waals surface area contributed by atoms with E-state index >= 15 is 0 Å². The molecule has 2 atom stereocenters. The van der Waals surface area contributed by atoms with E-state index in [0.29, 0.717) is 16.3 Å². The van der Waals surface area contributed by atoms with Gasteiger partial charge in [-0.3, -0.25) is 4.79 Å². The van der Waals surface area contributed by atoms with Crippen molar-refractivity contribution in [1.29, 1.82) is 0 Å². The Kier molecular flexibility index (Phi) is 5.20. The molecule has 0 aromatic heterocycles. The maximum atomic E-state index is 12.4. The number of halogens is 1. The molecule has 5 nitrogen and oxygen atoms in total. The summed E-state index contributed by atoms with van der Waals surface area (Å²) in [5, 5.41) is 6.43. The van der Waals surface area contributed by atoms with Crippen molar-refractivity contribution >= 4 is 29.2 Å². The molecule has 1 aromatic carbocycles. The third kappa shape index (κ3) is 3.74. The van der Waals surface area contributed by atoms with Gasteiger partial charge in [-0.1, -0.05) is 18.5 Å². The van der Waals surface area contributed by atoms with Gasteiger partial charge in [0, 0.05) is 5.02 Å². The first-order valence-corrected chi connectivity index (χ1v) is 7.33. The Morgan fingerprint density at radius 2 is 2.19 bits per heavy atom. The maximum absolute atomic E-state index is 12.4. The van der Waals surface area contributed by atoms with Gasteiger partial charge in [-0.15, -0.1) is 0 Å². The summed E-state index contributed by atoms with van der Waals surface area (Å²) in [6, 6.07) is 4.43. The molecule has 2 N–H and O–H groups in total. The van der Waals surface area contributed by atoms with Crippen LogP contribution in [0.4, 0.5) is 5.69 Å². The fourth-order valence-electron chi connectivity index (χ4n) is 2.52. The topological polar surface area (TPSA) is 67.4 Å². The first-order chi connectivity index (χ1) is 10.0. The number of carbonyl (C=O) groups excluding carboxylic acids is 2. The maximum Gasteiger partial charge on any atom is 0.339 e. The van der Waals surface area contributed by atoms with E-state index in [1.807, 2.05) is 6.92 Å². The Balaban J connectivity index is 2.19. The van der Waals surface area contributed by atoms with Crippen LogP contribution in [0.25, 0.3) is 0 Å². The van der Waals surface area contributed by atoms with Crippen molar-refractivity contribution in [2.45, 2.75) is 25.8 Å². The fourth-order valence-corrected chi connectivity index (χ4v) is 2.69. The van der Waals surface area contributed by atoms with Gasteiger partial charge >= 0.3 is 5.97 Å². The quantitative estimate of drug-likeness (QED) is 0.842. The largest absolute Gasteiger partial charge is 0.465 e. The zero-order valence-corrected chi connectivity index (χ0v) is 12.9. The lowest BCUT2D eigenvalue weighted by Gasteiger charge is -2.29. The van der Waals surface area contributed by atoms with Gasteiger partial charge in [0.25, 0.3) is 0 Å². The van der Waals surface area contributed by atoms with Crippen LogP contribution in [0.3, 0.4) is 0 Å². The summed E-state index contributed by atoms with van der Waals surface area (Å²) in [5.41, 5.74) is 0.664. The van der Waals surface area contributed by atoms with Crippen molar-refractivity contribution < 1.29 is 14.3 Å². The second kappa shape index (κ2) is 6.91. The van der Waals surface area contributed by atoms with Crippen molar-refractivity contribution in [1.82, 2.24) is 5.32 Å². The minimum atomic E-state index is -0.508. The average Bonchev–Trinajstić information content (AvgIpc) is 2.47. The lowest BCUT2D eigenvalue weighted by atomic mass is 9.92. The molecule has 0 bridgehead atoms. The molecule has 0 radical (unpaired) electrons. The molecule has 1 heterocycles. The van der Waals surface area contributed by atoms with E-state index in [0.717, 1.165) is 19.4 Å². The Morgan fingerprint density at radius 3 is 2.86 bits per heavy atom. The molecule has 21 heavy (non-hydrogen) atoms. The molecule has 1 amide bonds. The molecular formula is C15H19ClN2O3. The van der Waals surface area contributed by atoms with Crippen LogP contribution < -0.4 is 10.6 Å². The van der Waals surface area contributed by atoms with Gasteiger partial charge in [0.15, 0.2) is 0 Å². The number of methoxy groups -OCH3 is 1. The zero-order valence-electron chi connectivity index (χ0n) is 12.1. The van der Waals surface area contributed by atoms with Gasteiger partial charge < -0.3 is 15.4 Å². The SMILES string of the molecule is COC(=O)c1ccc(Cl)cc1NC(=O)C1NCCCC1C. The third-order valence-electron chi connectivity index (χ3n) is 3.70. The highest BCUT2D eigenvalue weighted by atomic mass is 35.5. The number of ether oxygens (including phenoxy) is 1. The Hall–Kier alpha value is -1.59. The van der Waals surface area contributed by atoms with E-state index < -0.39 is 5.97 Å². The van der Waals surface area contributed by atoms with E-state index in [1.54, 1.807) is 18.2 Å². The average molecular weight is 311 g/mol. The number of hydrogen-bond donors (Lipinski definition) is 2. The summed E-state index contributed by atoms with van der Waals surface area (Å²) in [6.45, 7) is 2.86. The standard InChI is InChI=1S/C15H19ClN2O3/c1-9-4-3-7-17-13(9)14(19)18-12-8-10(16)5-6-11(12)15(20)21-2/h5-6,8-9,13,17H,3-4,7H2,1-2H3,(H,18,19).